The number of rotatable bonds is 5. The number of aliphatic hydroxyl groups excluding tert-OH is 1. The maximum atomic E-state index is 9.59. The fraction of sp³-hybridized carbons (Fsp3) is 0.455. The maximum Gasteiger partial charge on any atom is 0.0818 e. The molecule has 16 heavy (non-hydrogen) atoms. The predicted octanol–water partition coefficient (Wildman–Crippen LogP) is 0.980. The molecule has 0 bridgehead atoms. The van der Waals surface area contributed by atoms with Crippen LogP contribution in [0.1, 0.15) is 5.56 Å². The molecule has 1 rings (SSSR count). The first-order chi connectivity index (χ1) is 6.74. The molecular weight excluding hydrogens is 247 g/mol. The first-order valence-electron chi connectivity index (χ1n) is 4.86. The third-order valence-corrected chi connectivity index (χ3v) is 2.22. The molecule has 94 valence electrons. The summed E-state index contributed by atoms with van der Waals surface area (Å²) in [6, 6.07) is 9.76. The Balaban J connectivity index is 0. The minimum Gasteiger partial charge on any atom is -0.390 e. The van der Waals surface area contributed by atoms with Crippen LogP contribution in [0.3, 0.4) is 0 Å². The average molecular weight is 267 g/mol. The van der Waals surface area contributed by atoms with Crippen LogP contribution in [0, 0.1) is 0 Å². The highest BCUT2D eigenvalue weighted by Gasteiger charge is 2.13. The van der Waals surface area contributed by atoms with E-state index in [4.69, 9.17) is 5.73 Å². The number of hydrogen-bond donors (Lipinski definition) is 3. The van der Waals surface area contributed by atoms with Gasteiger partial charge in [0.05, 0.1) is 6.10 Å². The number of likely N-dealkylation sites (N-methyl/N-ethyl adjacent to an activating group) is 1. The molecule has 0 unspecified atom stereocenters. The fourth-order valence-corrected chi connectivity index (χ4v) is 1.38. The highest BCUT2D eigenvalue weighted by Crippen LogP contribution is 2.03. The molecular formula is C11H20Cl2N2O. The minimum absolute atomic E-state index is 0. The molecule has 0 aliphatic carbocycles. The van der Waals surface area contributed by atoms with Gasteiger partial charge in [0.15, 0.2) is 0 Å². The van der Waals surface area contributed by atoms with Gasteiger partial charge in [-0.25, -0.2) is 0 Å². The van der Waals surface area contributed by atoms with Gasteiger partial charge in [-0.2, -0.15) is 0 Å². The molecule has 0 spiro atoms. The van der Waals surface area contributed by atoms with Crippen molar-refractivity contribution in [2.24, 2.45) is 5.73 Å². The molecule has 0 heterocycles. The normalized spacial score (nSPS) is 13.2. The van der Waals surface area contributed by atoms with E-state index in [0.717, 1.165) is 5.56 Å². The molecule has 0 aliphatic heterocycles. The summed E-state index contributed by atoms with van der Waals surface area (Å²) in [4.78, 5) is 0. The van der Waals surface area contributed by atoms with Crippen LogP contribution in [0.25, 0.3) is 0 Å². The van der Waals surface area contributed by atoms with Gasteiger partial charge in [-0.05, 0) is 19.0 Å². The lowest BCUT2D eigenvalue weighted by atomic mass is 10.0. The quantitative estimate of drug-likeness (QED) is 0.745. The Hall–Kier alpha value is -0.320. The SMILES string of the molecule is CNC[C@@H](O)[C@@H](N)Cc1ccccc1.Cl.Cl. The smallest absolute Gasteiger partial charge is 0.0818 e. The summed E-state index contributed by atoms with van der Waals surface area (Å²) in [5, 5.41) is 12.5. The Labute approximate surface area is 109 Å². The van der Waals surface area contributed by atoms with Gasteiger partial charge in [0.25, 0.3) is 0 Å². The number of nitrogens with one attached hydrogen (secondary N) is 1. The third kappa shape index (κ3) is 6.30. The molecule has 2 atom stereocenters. The second-order valence-corrected chi connectivity index (χ2v) is 3.48. The van der Waals surface area contributed by atoms with Crippen molar-refractivity contribution in [2.45, 2.75) is 18.6 Å². The first-order valence-corrected chi connectivity index (χ1v) is 4.86. The number of benzene rings is 1. The fourth-order valence-electron chi connectivity index (χ4n) is 1.38. The van der Waals surface area contributed by atoms with Crippen LogP contribution < -0.4 is 11.1 Å². The van der Waals surface area contributed by atoms with E-state index in [9.17, 15) is 5.11 Å². The molecule has 0 fully saturated rings. The Morgan fingerprint density at radius 1 is 1.25 bits per heavy atom. The highest BCUT2D eigenvalue weighted by molar-refractivity contribution is 5.85. The lowest BCUT2D eigenvalue weighted by Gasteiger charge is -2.18. The lowest BCUT2D eigenvalue weighted by molar-refractivity contribution is 0.144. The predicted molar refractivity (Wildman–Crippen MR) is 72.6 cm³/mol. The van der Waals surface area contributed by atoms with Crippen LogP contribution in [0.2, 0.25) is 0 Å². The molecule has 0 saturated carbocycles. The van der Waals surface area contributed by atoms with Crippen molar-refractivity contribution in [1.29, 1.82) is 0 Å². The van der Waals surface area contributed by atoms with Gasteiger partial charge in [-0.1, -0.05) is 30.3 Å². The Bertz CT molecular complexity index is 259. The van der Waals surface area contributed by atoms with Crippen molar-refractivity contribution in [3.8, 4) is 0 Å². The number of nitrogens with two attached hydrogens (primary N) is 1. The molecule has 0 aromatic heterocycles. The van der Waals surface area contributed by atoms with Crippen LogP contribution in [0.4, 0.5) is 0 Å². The van der Waals surface area contributed by atoms with E-state index in [1.807, 2.05) is 30.3 Å². The van der Waals surface area contributed by atoms with E-state index in [2.05, 4.69) is 5.32 Å². The first kappa shape index (κ1) is 18.1. The molecule has 1 aromatic rings. The largest absolute Gasteiger partial charge is 0.390 e. The van der Waals surface area contributed by atoms with Crippen LogP contribution in [-0.2, 0) is 6.42 Å². The number of halogens is 2. The summed E-state index contributed by atoms with van der Waals surface area (Å²) < 4.78 is 0. The average Bonchev–Trinajstić information content (AvgIpc) is 2.19. The minimum atomic E-state index is -0.486. The summed E-state index contributed by atoms with van der Waals surface area (Å²) in [7, 11) is 1.80. The summed E-state index contributed by atoms with van der Waals surface area (Å²) in [6.45, 7) is 0.536. The topological polar surface area (TPSA) is 58.3 Å². The maximum absolute atomic E-state index is 9.59. The van der Waals surface area contributed by atoms with Crippen LogP contribution >= 0.6 is 24.8 Å². The van der Waals surface area contributed by atoms with Crippen LogP contribution in [0.15, 0.2) is 30.3 Å². The molecule has 4 N–H and O–H groups in total. The van der Waals surface area contributed by atoms with Gasteiger partial charge in [0.1, 0.15) is 0 Å². The van der Waals surface area contributed by atoms with Gasteiger partial charge in [-0.15, -0.1) is 24.8 Å². The molecule has 5 heteroatoms. The zero-order chi connectivity index (χ0) is 10.4. The van der Waals surface area contributed by atoms with Crippen molar-refractivity contribution in [1.82, 2.24) is 5.32 Å². The van der Waals surface area contributed by atoms with Gasteiger partial charge in [-0.3, -0.25) is 0 Å². The van der Waals surface area contributed by atoms with Crippen molar-refractivity contribution >= 4 is 24.8 Å². The van der Waals surface area contributed by atoms with E-state index in [0.29, 0.717) is 13.0 Å². The van der Waals surface area contributed by atoms with Crippen molar-refractivity contribution in [2.75, 3.05) is 13.6 Å². The lowest BCUT2D eigenvalue weighted by Crippen LogP contribution is -2.42. The zero-order valence-electron chi connectivity index (χ0n) is 9.30. The Kier molecular flexibility index (Phi) is 11.1. The second kappa shape index (κ2) is 9.87. The second-order valence-electron chi connectivity index (χ2n) is 3.48. The molecule has 1 aromatic carbocycles. The molecule has 0 aliphatic rings. The van der Waals surface area contributed by atoms with E-state index >= 15 is 0 Å². The van der Waals surface area contributed by atoms with E-state index in [1.54, 1.807) is 7.05 Å². The third-order valence-electron chi connectivity index (χ3n) is 2.22. The zero-order valence-corrected chi connectivity index (χ0v) is 10.9. The molecule has 0 radical (unpaired) electrons. The molecule has 0 saturated heterocycles. The van der Waals surface area contributed by atoms with Crippen molar-refractivity contribution in [3.63, 3.8) is 0 Å². The monoisotopic (exact) mass is 266 g/mol. The summed E-state index contributed by atoms with van der Waals surface area (Å²) in [5.74, 6) is 0. The summed E-state index contributed by atoms with van der Waals surface area (Å²) >= 11 is 0. The Morgan fingerprint density at radius 2 is 1.81 bits per heavy atom. The number of aliphatic hydroxyl groups is 1. The molecule has 0 amide bonds. The van der Waals surface area contributed by atoms with Crippen molar-refractivity contribution < 1.29 is 5.11 Å². The summed E-state index contributed by atoms with van der Waals surface area (Å²) in [5.41, 5.74) is 7.01. The van der Waals surface area contributed by atoms with Crippen LogP contribution in [0.5, 0.6) is 0 Å². The number of hydrogen-bond acceptors (Lipinski definition) is 3. The van der Waals surface area contributed by atoms with Crippen LogP contribution in [-0.4, -0.2) is 30.8 Å². The van der Waals surface area contributed by atoms with Gasteiger partial charge in [0, 0.05) is 12.6 Å². The summed E-state index contributed by atoms with van der Waals surface area (Å²) in [6.07, 6.45) is 0.226. The van der Waals surface area contributed by atoms with E-state index < -0.39 is 6.10 Å². The van der Waals surface area contributed by atoms with Gasteiger partial charge in [0.2, 0.25) is 0 Å². The van der Waals surface area contributed by atoms with E-state index in [-0.39, 0.29) is 30.9 Å². The van der Waals surface area contributed by atoms with E-state index in [1.165, 1.54) is 0 Å². The van der Waals surface area contributed by atoms with Gasteiger partial charge < -0.3 is 16.2 Å². The standard InChI is InChI=1S/C11H18N2O.2ClH/c1-13-8-11(14)10(12)7-9-5-3-2-4-6-9;;/h2-6,10-11,13-14H,7-8,12H2,1H3;2*1H/t10-,11+;;/m0../s1. The molecule has 3 nitrogen and oxygen atoms in total. The van der Waals surface area contributed by atoms with Crippen molar-refractivity contribution in [3.05, 3.63) is 35.9 Å². The highest BCUT2D eigenvalue weighted by atomic mass is 35.5. The van der Waals surface area contributed by atoms with Gasteiger partial charge >= 0.3 is 0 Å². The Morgan fingerprint density at radius 3 is 2.31 bits per heavy atom.